The Labute approximate surface area is 188 Å². The zero-order valence-electron chi connectivity index (χ0n) is 17.7. The number of benzene rings is 1. The topological polar surface area (TPSA) is 71.3 Å². The first-order valence-electron chi connectivity index (χ1n) is 10.3. The van der Waals surface area contributed by atoms with Crippen molar-refractivity contribution in [2.75, 3.05) is 31.1 Å². The molecule has 0 saturated carbocycles. The lowest BCUT2D eigenvalue weighted by Crippen LogP contribution is -2.43. The molecule has 0 amide bonds. The molecule has 0 atom stereocenters. The van der Waals surface area contributed by atoms with Gasteiger partial charge in [-0.15, -0.1) is 11.3 Å². The van der Waals surface area contributed by atoms with Crippen molar-refractivity contribution in [3.63, 3.8) is 0 Å². The van der Waals surface area contributed by atoms with Crippen LogP contribution in [0.2, 0.25) is 5.02 Å². The van der Waals surface area contributed by atoms with E-state index in [1.54, 1.807) is 0 Å². The molecule has 1 aliphatic heterocycles. The van der Waals surface area contributed by atoms with Crippen molar-refractivity contribution in [1.29, 1.82) is 0 Å². The third-order valence-electron chi connectivity index (χ3n) is 5.55. The number of piperazine rings is 1. The molecule has 4 heterocycles. The fourth-order valence-corrected chi connectivity index (χ4v) is 5.45. The van der Waals surface area contributed by atoms with Crippen molar-refractivity contribution >= 4 is 49.9 Å². The lowest BCUT2D eigenvalue weighted by atomic mass is 9.82. The van der Waals surface area contributed by atoms with Crippen LogP contribution in [-0.2, 0) is 5.41 Å². The van der Waals surface area contributed by atoms with E-state index in [0.717, 1.165) is 47.6 Å². The average Bonchev–Trinajstić information content (AvgIpc) is 3.17. The highest BCUT2D eigenvalue weighted by Crippen LogP contribution is 2.40. The van der Waals surface area contributed by atoms with E-state index in [4.69, 9.17) is 26.0 Å². The molecule has 0 bridgehead atoms. The quantitative estimate of drug-likeness (QED) is 0.468. The van der Waals surface area contributed by atoms with Gasteiger partial charge in [0.05, 0.1) is 9.72 Å². The molecule has 0 unspecified atom stereocenters. The van der Waals surface area contributed by atoms with Crippen LogP contribution < -0.4 is 15.8 Å². The van der Waals surface area contributed by atoms with Gasteiger partial charge in [0.25, 0.3) is 0 Å². The molecular weight excluding hydrogens is 432 g/mol. The summed E-state index contributed by atoms with van der Waals surface area (Å²) in [6.07, 6.45) is 1.83. The summed E-state index contributed by atoms with van der Waals surface area (Å²) in [5.74, 6) is 0.830. The highest BCUT2D eigenvalue weighted by molar-refractivity contribution is 7.21. The van der Waals surface area contributed by atoms with Gasteiger partial charge in [0.2, 0.25) is 0 Å². The van der Waals surface area contributed by atoms with Crippen LogP contribution in [0.1, 0.15) is 26.3 Å². The molecule has 31 heavy (non-hydrogen) atoms. The standard InChI is InChI=1S/C23H23ClN4O2S/c1-23(2,3)19-13-12-26-17(28-9-7-25-8-10-28)11-15(13)30-22(29)18(19)21-27-20-14(24)5-4-6-16(20)31-21/h4-6,11-12,25H,7-10H2,1-3H3. The van der Waals surface area contributed by atoms with Crippen LogP contribution in [0.25, 0.3) is 31.8 Å². The van der Waals surface area contributed by atoms with Crippen molar-refractivity contribution in [3.8, 4) is 10.6 Å². The maximum absolute atomic E-state index is 13.3. The van der Waals surface area contributed by atoms with E-state index in [9.17, 15) is 4.79 Å². The highest BCUT2D eigenvalue weighted by atomic mass is 35.5. The minimum Gasteiger partial charge on any atom is -0.422 e. The molecule has 1 aromatic carbocycles. The van der Waals surface area contributed by atoms with Gasteiger partial charge in [0.15, 0.2) is 0 Å². The van der Waals surface area contributed by atoms with Gasteiger partial charge in [0.1, 0.15) is 27.5 Å². The summed E-state index contributed by atoms with van der Waals surface area (Å²) in [7, 11) is 0. The average molecular weight is 455 g/mol. The van der Waals surface area contributed by atoms with E-state index in [0.29, 0.717) is 26.7 Å². The van der Waals surface area contributed by atoms with Crippen molar-refractivity contribution in [2.24, 2.45) is 0 Å². The number of hydrogen-bond acceptors (Lipinski definition) is 7. The van der Waals surface area contributed by atoms with E-state index in [1.807, 2.05) is 30.5 Å². The molecule has 0 radical (unpaired) electrons. The number of hydrogen-bond donors (Lipinski definition) is 1. The van der Waals surface area contributed by atoms with Gasteiger partial charge < -0.3 is 14.6 Å². The number of anilines is 1. The largest absolute Gasteiger partial charge is 0.422 e. The number of nitrogens with zero attached hydrogens (tertiary/aromatic N) is 3. The first-order valence-corrected chi connectivity index (χ1v) is 11.5. The molecule has 5 rings (SSSR count). The molecule has 1 N–H and O–H groups in total. The zero-order chi connectivity index (χ0) is 21.8. The summed E-state index contributed by atoms with van der Waals surface area (Å²) in [5.41, 5.74) is 1.95. The van der Waals surface area contributed by atoms with Gasteiger partial charge in [-0.1, -0.05) is 38.4 Å². The SMILES string of the molecule is CC(C)(C)c1c(-c2nc3c(Cl)cccc3s2)c(=O)oc2cc(N3CCNCC3)ncc12. The molecule has 1 saturated heterocycles. The van der Waals surface area contributed by atoms with Crippen LogP contribution in [0.3, 0.4) is 0 Å². The minimum atomic E-state index is -0.384. The maximum atomic E-state index is 13.3. The normalized spacial score (nSPS) is 15.2. The molecule has 4 aromatic rings. The highest BCUT2D eigenvalue weighted by Gasteiger charge is 2.28. The molecular formula is C23H23ClN4O2S. The summed E-state index contributed by atoms with van der Waals surface area (Å²) in [5, 5.41) is 5.38. The van der Waals surface area contributed by atoms with Gasteiger partial charge in [-0.3, -0.25) is 0 Å². The molecule has 1 aliphatic rings. The molecule has 1 fully saturated rings. The van der Waals surface area contributed by atoms with Gasteiger partial charge in [0, 0.05) is 43.8 Å². The molecule has 0 spiro atoms. The number of rotatable bonds is 2. The zero-order valence-corrected chi connectivity index (χ0v) is 19.2. The number of halogens is 1. The predicted molar refractivity (Wildman–Crippen MR) is 128 cm³/mol. The van der Waals surface area contributed by atoms with E-state index >= 15 is 0 Å². The summed E-state index contributed by atoms with van der Waals surface area (Å²) in [6.45, 7) is 9.85. The number of thiazole rings is 1. The Balaban J connectivity index is 1.75. The Bertz CT molecular complexity index is 1350. The Morgan fingerprint density at radius 3 is 2.71 bits per heavy atom. The third-order valence-corrected chi connectivity index (χ3v) is 6.90. The van der Waals surface area contributed by atoms with Crippen LogP contribution in [0, 0.1) is 0 Å². The Kier molecular flexibility index (Phi) is 5.00. The number of aromatic nitrogens is 2. The van der Waals surface area contributed by atoms with Crippen molar-refractivity contribution in [1.82, 2.24) is 15.3 Å². The monoisotopic (exact) mass is 454 g/mol. The van der Waals surface area contributed by atoms with Crippen LogP contribution in [0.15, 0.2) is 39.7 Å². The summed E-state index contributed by atoms with van der Waals surface area (Å²) in [4.78, 5) is 24.9. The van der Waals surface area contributed by atoms with E-state index in [1.165, 1.54) is 11.3 Å². The molecule has 0 aliphatic carbocycles. The van der Waals surface area contributed by atoms with Crippen LogP contribution >= 0.6 is 22.9 Å². The Morgan fingerprint density at radius 2 is 2.00 bits per heavy atom. The fraction of sp³-hybridized carbons (Fsp3) is 0.348. The summed E-state index contributed by atoms with van der Waals surface area (Å²) in [6, 6.07) is 7.55. The molecule has 8 heteroatoms. The smallest absolute Gasteiger partial charge is 0.346 e. The Morgan fingerprint density at radius 1 is 1.23 bits per heavy atom. The summed E-state index contributed by atoms with van der Waals surface area (Å²) >= 11 is 7.79. The van der Waals surface area contributed by atoms with E-state index in [2.05, 4.69) is 31.0 Å². The second kappa shape index (κ2) is 7.58. The van der Waals surface area contributed by atoms with Gasteiger partial charge >= 0.3 is 5.63 Å². The Hall–Kier alpha value is -2.48. The van der Waals surface area contributed by atoms with Gasteiger partial charge in [-0.2, -0.15) is 0 Å². The molecule has 6 nitrogen and oxygen atoms in total. The summed E-state index contributed by atoms with van der Waals surface area (Å²) < 4.78 is 6.78. The molecule has 160 valence electrons. The number of fused-ring (bicyclic) bond motifs is 2. The van der Waals surface area contributed by atoms with Crippen LogP contribution in [0.5, 0.6) is 0 Å². The second-order valence-electron chi connectivity index (χ2n) is 8.77. The first-order chi connectivity index (χ1) is 14.8. The third kappa shape index (κ3) is 3.60. The van der Waals surface area contributed by atoms with Crippen molar-refractivity contribution < 1.29 is 4.42 Å². The number of nitrogens with one attached hydrogen (secondary N) is 1. The van der Waals surface area contributed by atoms with E-state index in [-0.39, 0.29) is 11.0 Å². The van der Waals surface area contributed by atoms with Crippen LogP contribution in [0.4, 0.5) is 5.82 Å². The molecule has 3 aromatic heterocycles. The lowest BCUT2D eigenvalue weighted by molar-refractivity contribution is 0.542. The van der Waals surface area contributed by atoms with Crippen molar-refractivity contribution in [2.45, 2.75) is 26.2 Å². The fourth-order valence-electron chi connectivity index (χ4n) is 4.15. The van der Waals surface area contributed by atoms with Gasteiger partial charge in [-0.05, 0) is 23.1 Å². The number of para-hydroxylation sites is 1. The van der Waals surface area contributed by atoms with E-state index < -0.39 is 0 Å². The number of pyridine rings is 1. The predicted octanol–water partition coefficient (Wildman–Crippen LogP) is 4.83. The van der Waals surface area contributed by atoms with Gasteiger partial charge in [-0.25, -0.2) is 14.8 Å². The second-order valence-corrected chi connectivity index (χ2v) is 10.2. The first kappa shape index (κ1) is 20.4. The van der Waals surface area contributed by atoms with Crippen molar-refractivity contribution in [3.05, 3.63) is 51.5 Å². The minimum absolute atomic E-state index is 0.316. The van der Waals surface area contributed by atoms with Crippen LogP contribution in [-0.4, -0.2) is 36.1 Å². The lowest BCUT2D eigenvalue weighted by Gasteiger charge is -2.29. The maximum Gasteiger partial charge on any atom is 0.346 e.